The van der Waals surface area contributed by atoms with Crippen molar-refractivity contribution in [2.24, 2.45) is 0 Å². The van der Waals surface area contributed by atoms with E-state index in [0.29, 0.717) is 17.3 Å². The molecule has 0 saturated carbocycles. The minimum absolute atomic E-state index is 0.168. The quantitative estimate of drug-likeness (QED) is 0.314. The molecule has 1 saturated heterocycles. The van der Waals surface area contributed by atoms with E-state index in [0.717, 1.165) is 17.1 Å². The fraction of sp³-hybridized carbons (Fsp3) is 0.207. The Morgan fingerprint density at radius 2 is 1.86 bits per heavy atom. The third-order valence-corrected chi connectivity index (χ3v) is 7.11. The number of anilines is 1. The predicted molar refractivity (Wildman–Crippen MR) is 147 cm³/mol. The van der Waals surface area contributed by atoms with Crippen molar-refractivity contribution in [2.75, 3.05) is 11.9 Å². The molecule has 2 N–H and O–H groups in total. The number of thiocarbonyl (C=S) groups is 1. The molecule has 4 aromatic rings. The number of hydrogen-bond donors (Lipinski definition) is 2. The first-order chi connectivity index (χ1) is 17.9. The topological polar surface area (TPSA) is 62.2 Å². The van der Waals surface area contributed by atoms with Gasteiger partial charge in [-0.2, -0.15) is 0 Å². The lowest BCUT2D eigenvalue weighted by atomic mass is 10.0. The van der Waals surface area contributed by atoms with Crippen LogP contribution in [0, 0.1) is 19.7 Å². The average molecular weight is 514 g/mol. The number of nitrogens with one attached hydrogen (secondary N) is 2. The van der Waals surface area contributed by atoms with Crippen LogP contribution >= 0.6 is 12.2 Å². The lowest BCUT2D eigenvalue weighted by Gasteiger charge is -2.29. The molecule has 1 fully saturated rings. The fourth-order valence-electron chi connectivity index (χ4n) is 4.69. The lowest BCUT2D eigenvalue weighted by molar-refractivity contribution is -0.116. The lowest BCUT2D eigenvalue weighted by Crippen LogP contribution is -2.33. The van der Waals surface area contributed by atoms with E-state index in [2.05, 4.69) is 69.4 Å². The van der Waals surface area contributed by atoms with Crippen molar-refractivity contribution in [3.63, 3.8) is 0 Å². The molecule has 1 aliphatic heterocycles. The Balaban J connectivity index is 1.44. The van der Waals surface area contributed by atoms with Crippen molar-refractivity contribution in [1.29, 1.82) is 0 Å². The van der Waals surface area contributed by atoms with Gasteiger partial charge in [0.2, 0.25) is 5.91 Å². The van der Waals surface area contributed by atoms with Crippen LogP contribution in [0.5, 0.6) is 0 Å². The molecule has 0 aliphatic carbocycles. The normalized spacial score (nSPS) is 17.1. The molecule has 2 aromatic heterocycles. The Morgan fingerprint density at radius 3 is 2.59 bits per heavy atom. The highest BCUT2D eigenvalue weighted by atomic mass is 32.1. The van der Waals surface area contributed by atoms with E-state index in [-0.39, 0.29) is 30.2 Å². The molecule has 6 nitrogen and oxygen atoms in total. The number of pyridine rings is 1. The minimum atomic E-state index is -0.346. The van der Waals surface area contributed by atoms with Crippen LogP contribution in [0.15, 0.2) is 85.2 Å². The molecular weight excluding hydrogens is 485 g/mol. The van der Waals surface area contributed by atoms with E-state index in [1.54, 1.807) is 18.3 Å². The van der Waals surface area contributed by atoms with Gasteiger partial charge in [0.05, 0.1) is 17.8 Å². The number of aryl methyl sites for hydroxylation is 2. The van der Waals surface area contributed by atoms with Crippen molar-refractivity contribution < 1.29 is 9.18 Å². The average Bonchev–Trinajstić information content (AvgIpc) is 3.50. The summed E-state index contributed by atoms with van der Waals surface area (Å²) in [5, 5.41) is 6.85. The zero-order chi connectivity index (χ0) is 25.9. The Bertz CT molecular complexity index is 1420. The van der Waals surface area contributed by atoms with Crippen molar-refractivity contribution in [1.82, 2.24) is 19.8 Å². The van der Waals surface area contributed by atoms with Gasteiger partial charge in [-0.25, -0.2) is 4.39 Å². The largest absolute Gasteiger partial charge is 0.352 e. The second kappa shape index (κ2) is 10.5. The summed E-state index contributed by atoms with van der Waals surface area (Å²) >= 11 is 5.77. The molecule has 2 atom stereocenters. The van der Waals surface area contributed by atoms with Crippen LogP contribution in [0.25, 0.3) is 5.69 Å². The van der Waals surface area contributed by atoms with E-state index < -0.39 is 0 Å². The Kier molecular flexibility index (Phi) is 7.01. The van der Waals surface area contributed by atoms with Gasteiger partial charge in [0.1, 0.15) is 5.82 Å². The maximum absolute atomic E-state index is 13.2. The van der Waals surface area contributed by atoms with Crippen LogP contribution in [0.3, 0.4) is 0 Å². The summed E-state index contributed by atoms with van der Waals surface area (Å²) in [6.07, 6.45) is 4.04. The van der Waals surface area contributed by atoms with Gasteiger partial charge in [0, 0.05) is 42.4 Å². The molecule has 0 radical (unpaired) electrons. The van der Waals surface area contributed by atoms with Gasteiger partial charge in [-0.3, -0.25) is 9.78 Å². The number of amides is 1. The van der Waals surface area contributed by atoms with Gasteiger partial charge in [-0.15, -0.1) is 0 Å². The minimum Gasteiger partial charge on any atom is -0.352 e. The SMILES string of the molecule is Cc1ccc(-n2cccc2C2C(c3ccccn3)NC(=S)N2CCC(=O)Nc2ccc(F)cc2)cc1C. The molecule has 5 rings (SSSR count). The fourth-order valence-corrected chi connectivity index (χ4v) is 5.02. The molecule has 37 heavy (non-hydrogen) atoms. The number of hydrogen-bond acceptors (Lipinski definition) is 3. The zero-order valence-corrected chi connectivity index (χ0v) is 21.5. The van der Waals surface area contributed by atoms with Gasteiger partial charge >= 0.3 is 0 Å². The first kappa shape index (κ1) is 24.6. The number of benzene rings is 2. The van der Waals surface area contributed by atoms with E-state index in [1.807, 2.05) is 24.3 Å². The first-order valence-corrected chi connectivity index (χ1v) is 12.6. The standard InChI is InChI=1S/C29H28FN5OS/c1-19-8-13-23(18-20(19)2)34-16-5-7-25(34)28-27(24-6-3-4-15-31-24)33-29(37)35(28)17-14-26(36)32-22-11-9-21(30)10-12-22/h3-13,15-16,18,27-28H,14,17H2,1-2H3,(H,32,36)(H,33,37). The third kappa shape index (κ3) is 5.24. The Hall–Kier alpha value is -4.04. The third-order valence-electron chi connectivity index (χ3n) is 6.76. The molecule has 3 heterocycles. The highest BCUT2D eigenvalue weighted by Gasteiger charge is 2.41. The van der Waals surface area contributed by atoms with Crippen molar-refractivity contribution >= 4 is 28.9 Å². The number of halogens is 1. The van der Waals surface area contributed by atoms with Gasteiger partial charge in [0.25, 0.3) is 0 Å². The van der Waals surface area contributed by atoms with Crippen LogP contribution < -0.4 is 10.6 Å². The van der Waals surface area contributed by atoms with Gasteiger partial charge < -0.3 is 20.1 Å². The number of nitrogens with zero attached hydrogens (tertiary/aromatic N) is 3. The van der Waals surface area contributed by atoms with Gasteiger partial charge in [-0.1, -0.05) is 12.1 Å². The maximum atomic E-state index is 13.2. The van der Waals surface area contributed by atoms with Crippen molar-refractivity contribution in [3.05, 3.63) is 114 Å². The Morgan fingerprint density at radius 1 is 1.05 bits per heavy atom. The summed E-state index contributed by atoms with van der Waals surface area (Å²) < 4.78 is 15.4. The van der Waals surface area contributed by atoms with Crippen molar-refractivity contribution in [3.8, 4) is 5.69 Å². The smallest absolute Gasteiger partial charge is 0.226 e. The summed E-state index contributed by atoms with van der Waals surface area (Å²) in [5.74, 6) is -0.513. The maximum Gasteiger partial charge on any atom is 0.226 e. The summed E-state index contributed by atoms with van der Waals surface area (Å²) in [6.45, 7) is 4.62. The number of carbonyl (C=O) groups is 1. The highest BCUT2D eigenvalue weighted by Crippen LogP contribution is 2.39. The molecule has 8 heteroatoms. The summed E-state index contributed by atoms with van der Waals surface area (Å²) in [7, 11) is 0. The second-order valence-electron chi connectivity index (χ2n) is 9.20. The molecule has 2 unspecified atom stereocenters. The van der Waals surface area contributed by atoms with Gasteiger partial charge in [-0.05, 0) is 97.9 Å². The number of carbonyl (C=O) groups excluding carboxylic acids is 1. The first-order valence-electron chi connectivity index (χ1n) is 12.2. The number of rotatable bonds is 7. The molecule has 1 amide bonds. The molecule has 1 aliphatic rings. The Labute approximate surface area is 221 Å². The summed E-state index contributed by atoms with van der Waals surface area (Å²) in [5.41, 5.74) is 6.00. The molecular formula is C29H28FN5OS. The van der Waals surface area contributed by atoms with Crippen LogP contribution in [-0.2, 0) is 4.79 Å². The van der Waals surface area contributed by atoms with Crippen LogP contribution in [-0.4, -0.2) is 32.0 Å². The molecule has 0 spiro atoms. The van der Waals surface area contributed by atoms with E-state index >= 15 is 0 Å². The second-order valence-corrected chi connectivity index (χ2v) is 9.58. The zero-order valence-electron chi connectivity index (χ0n) is 20.7. The summed E-state index contributed by atoms with van der Waals surface area (Å²) in [4.78, 5) is 19.4. The van der Waals surface area contributed by atoms with Crippen molar-refractivity contribution in [2.45, 2.75) is 32.4 Å². The van der Waals surface area contributed by atoms with Crippen LogP contribution in [0.1, 0.15) is 41.0 Å². The van der Waals surface area contributed by atoms with E-state index in [4.69, 9.17) is 12.2 Å². The molecule has 2 aromatic carbocycles. The number of aromatic nitrogens is 2. The molecule has 188 valence electrons. The van der Waals surface area contributed by atoms with E-state index in [9.17, 15) is 9.18 Å². The predicted octanol–water partition coefficient (Wildman–Crippen LogP) is 5.63. The van der Waals surface area contributed by atoms with E-state index in [1.165, 1.54) is 23.3 Å². The van der Waals surface area contributed by atoms with Gasteiger partial charge in [0.15, 0.2) is 5.11 Å². The van der Waals surface area contributed by atoms with Crippen LogP contribution in [0.4, 0.5) is 10.1 Å². The summed E-state index contributed by atoms with van der Waals surface area (Å²) in [6, 6.07) is 21.8. The molecule has 0 bridgehead atoms. The van der Waals surface area contributed by atoms with Crippen LogP contribution in [0.2, 0.25) is 0 Å². The monoisotopic (exact) mass is 513 g/mol. The highest BCUT2D eigenvalue weighted by molar-refractivity contribution is 7.80.